The number of benzene rings is 1. The first-order valence-electron chi connectivity index (χ1n) is 8.00. The van der Waals surface area contributed by atoms with Gasteiger partial charge in [-0.3, -0.25) is 9.52 Å². The Morgan fingerprint density at radius 3 is 2.48 bits per heavy atom. The zero-order chi connectivity index (χ0) is 18.2. The second-order valence-electron chi connectivity index (χ2n) is 6.36. The van der Waals surface area contributed by atoms with E-state index >= 15 is 0 Å². The van der Waals surface area contributed by atoms with E-state index in [1.54, 1.807) is 0 Å². The smallest absolute Gasteiger partial charge is 0.265 e. The Balaban J connectivity index is 1.67. The quantitative estimate of drug-likeness (QED) is 0.820. The molecule has 1 aromatic carbocycles. The number of carbonyl (C=O) groups excluding carboxylic acids is 1. The molecule has 25 heavy (non-hydrogen) atoms. The van der Waals surface area contributed by atoms with E-state index in [0.717, 1.165) is 25.0 Å². The molecule has 0 radical (unpaired) electrons. The number of ether oxygens (including phenoxy) is 1. The maximum atomic E-state index is 14.2. The summed E-state index contributed by atoms with van der Waals surface area (Å²) in [7, 11) is -1.54. The van der Waals surface area contributed by atoms with Crippen LogP contribution in [0.2, 0.25) is 5.02 Å². The second-order valence-corrected chi connectivity index (χ2v) is 8.24. The molecule has 0 aromatic heterocycles. The van der Waals surface area contributed by atoms with Gasteiger partial charge in [0.25, 0.3) is 5.91 Å². The molecular weight excluding hydrogens is 379 g/mol. The van der Waals surface area contributed by atoms with Crippen molar-refractivity contribution in [2.24, 2.45) is 0 Å². The van der Waals surface area contributed by atoms with Crippen molar-refractivity contribution in [2.75, 3.05) is 0 Å². The zero-order valence-corrected chi connectivity index (χ0v) is 14.8. The summed E-state index contributed by atoms with van der Waals surface area (Å²) < 4.78 is 60.0. The van der Waals surface area contributed by atoms with Crippen LogP contribution in [-0.2, 0) is 11.0 Å². The van der Waals surface area contributed by atoms with Gasteiger partial charge in [0.05, 0.1) is 21.9 Å². The molecule has 4 nitrogen and oxygen atoms in total. The number of carbonyl (C=O) groups is 1. The average Bonchev–Trinajstić information content (AvgIpc) is 3.37. The molecule has 1 aromatic rings. The van der Waals surface area contributed by atoms with Gasteiger partial charge in [-0.1, -0.05) is 11.6 Å². The van der Waals surface area contributed by atoms with Gasteiger partial charge in [-0.05, 0) is 31.7 Å². The van der Waals surface area contributed by atoms with Crippen LogP contribution in [0.1, 0.15) is 48.9 Å². The summed E-state index contributed by atoms with van der Waals surface area (Å²) in [6.45, 7) is 0. The van der Waals surface area contributed by atoms with Crippen molar-refractivity contribution < 1.29 is 26.9 Å². The van der Waals surface area contributed by atoms with E-state index in [1.165, 1.54) is 0 Å². The molecule has 2 aliphatic rings. The summed E-state index contributed by atoms with van der Waals surface area (Å²) in [5.74, 6) is -4.36. The Kier molecular flexibility index (Phi) is 5.29. The summed E-state index contributed by atoms with van der Waals surface area (Å²) >= 11 is 6.04. The van der Waals surface area contributed by atoms with Crippen molar-refractivity contribution in [2.45, 2.75) is 55.8 Å². The number of halogens is 4. The maximum Gasteiger partial charge on any atom is 0.265 e. The Morgan fingerprint density at radius 1 is 1.24 bits per heavy atom. The second kappa shape index (κ2) is 7.15. The number of alkyl halides is 2. The normalized spacial score (nSPS) is 21.6. The van der Waals surface area contributed by atoms with Crippen molar-refractivity contribution >= 4 is 28.5 Å². The van der Waals surface area contributed by atoms with E-state index in [-0.39, 0.29) is 47.3 Å². The van der Waals surface area contributed by atoms with Gasteiger partial charge in [0, 0.05) is 18.9 Å². The molecule has 138 valence electrons. The average molecular weight is 396 g/mol. The third kappa shape index (κ3) is 4.67. The van der Waals surface area contributed by atoms with E-state index in [1.807, 2.05) is 0 Å². The van der Waals surface area contributed by atoms with Crippen LogP contribution in [0.25, 0.3) is 0 Å². The van der Waals surface area contributed by atoms with Crippen LogP contribution in [0.4, 0.5) is 13.2 Å². The van der Waals surface area contributed by atoms with E-state index in [4.69, 9.17) is 16.3 Å². The Labute approximate surface area is 150 Å². The fourth-order valence-corrected chi connectivity index (χ4v) is 3.85. The van der Waals surface area contributed by atoms with Crippen LogP contribution >= 0.6 is 11.6 Å². The van der Waals surface area contributed by atoms with Gasteiger partial charge in [-0.15, -0.1) is 0 Å². The van der Waals surface area contributed by atoms with Gasteiger partial charge in [0.1, 0.15) is 22.6 Å². The van der Waals surface area contributed by atoms with Crippen LogP contribution in [0, 0.1) is 5.82 Å². The summed E-state index contributed by atoms with van der Waals surface area (Å²) in [6.07, 6.45) is 0.781. The third-order valence-corrected chi connectivity index (χ3v) is 6.00. The van der Waals surface area contributed by atoms with E-state index in [2.05, 4.69) is 4.72 Å². The molecule has 1 N–H and O–H groups in total. The van der Waals surface area contributed by atoms with Gasteiger partial charge in [-0.2, -0.15) is 0 Å². The molecule has 0 spiro atoms. The molecule has 2 saturated carbocycles. The topological polar surface area (TPSA) is 55.4 Å². The lowest BCUT2D eigenvalue weighted by atomic mass is 9.94. The Morgan fingerprint density at radius 2 is 1.88 bits per heavy atom. The molecule has 0 bridgehead atoms. The summed E-state index contributed by atoms with van der Waals surface area (Å²) in [5, 5.41) is -0.0735. The van der Waals surface area contributed by atoms with Crippen LogP contribution < -0.4 is 9.46 Å². The molecule has 0 aliphatic heterocycles. The largest absolute Gasteiger partial charge is 0.489 e. The summed E-state index contributed by atoms with van der Waals surface area (Å²) in [4.78, 5) is 12.0. The lowest BCUT2D eigenvalue weighted by molar-refractivity contribution is -0.0582. The zero-order valence-electron chi connectivity index (χ0n) is 13.2. The first-order chi connectivity index (χ1) is 11.7. The van der Waals surface area contributed by atoms with Gasteiger partial charge in [0.15, 0.2) is 0 Å². The van der Waals surface area contributed by atoms with E-state index in [9.17, 15) is 22.2 Å². The molecule has 3 rings (SSSR count). The molecule has 2 fully saturated rings. The molecule has 1 atom stereocenters. The van der Waals surface area contributed by atoms with Crippen molar-refractivity contribution in [3.63, 3.8) is 0 Å². The van der Waals surface area contributed by atoms with Crippen molar-refractivity contribution in [3.8, 4) is 5.75 Å². The standard InChI is InChI=1S/C16H17ClF3NO3S/c17-12-7-11(15(22)21-25(23)10-1-2-10)13(18)8-14(12)24-9-3-5-16(19,20)6-4-9/h7-10H,1-6H2,(H,21,22). The fraction of sp³-hybridized carbons (Fsp3) is 0.562. The van der Waals surface area contributed by atoms with E-state index in [0.29, 0.717) is 0 Å². The third-order valence-electron chi connectivity index (χ3n) is 4.24. The molecule has 0 heterocycles. The van der Waals surface area contributed by atoms with Gasteiger partial charge in [-0.25, -0.2) is 17.4 Å². The number of hydrogen-bond acceptors (Lipinski definition) is 3. The van der Waals surface area contributed by atoms with Gasteiger partial charge < -0.3 is 4.74 Å². The van der Waals surface area contributed by atoms with E-state index < -0.39 is 34.7 Å². The molecule has 0 saturated heterocycles. The molecule has 1 amide bonds. The predicted octanol–water partition coefficient (Wildman–Crippen LogP) is 3.99. The SMILES string of the molecule is O=C(NS(=O)C1CC1)c1cc(Cl)c(OC2CCC(F)(F)CC2)cc1F. The Hall–Kier alpha value is -1.28. The van der Waals surface area contributed by atoms with Crippen molar-refractivity contribution in [1.82, 2.24) is 4.72 Å². The van der Waals surface area contributed by atoms with Crippen molar-refractivity contribution in [1.29, 1.82) is 0 Å². The summed E-state index contributed by atoms with van der Waals surface area (Å²) in [6, 6.07) is 2.06. The van der Waals surface area contributed by atoms with Crippen molar-refractivity contribution in [3.05, 3.63) is 28.5 Å². The minimum atomic E-state index is -2.69. The van der Waals surface area contributed by atoms with Crippen LogP contribution in [-0.4, -0.2) is 27.4 Å². The molecular formula is C16H17ClF3NO3S. The first kappa shape index (κ1) is 18.5. The van der Waals surface area contributed by atoms with Crippen LogP contribution in [0.15, 0.2) is 12.1 Å². The fourth-order valence-electron chi connectivity index (χ4n) is 2.62. The Bertz CT molecular complexity index is 702. The molecule has 9 heteroatoms. The maximum absolute atomic E-state index is 14.2. The van der Waals surface area contributed by atoms with Crippen LogP contribution in [0.3, 0.4) is 0 Å². The molecule has 1 unspecified atom stereocenters. The number of rotatable bonds is 5. The number of amides is 1. The number of nitrogens with one attached hydrogen (secondary N) is 1. The lowest BCUT2D eigenvalue weighted by Gasteiger charge is -2.29. The highest BCUT2D eigenvalue weighted by Gasteiger charge is 2.36. The highest BCUT2D eigenvalue weighted by atomic mass is 35.5. The minimum absolute atomic E-state index is 0.00101. The summed E-state index contributed by atoms with van der Waals surface area (Å²) in [5.41, 5.74) is -0.332. The minimum Gasteiger partial charge on any atom is -0.489 e. The number of hydrogen-bond donors (Lipinski definition) is 1. The monoisotopic (exact) mass is 395 g/mol. The van der Waals surface area contributed by atoms with Gasteiger partial charge in [0.2, 0.25) is 5.92 Å². The van der Waals surface area contributed by atoms with Gasteiger partial charge >= 0.3 is 0 Å². The first-order valence-corrected chi connectivity index (χ1v) is 9.59. The predicted molar refractivity (Wildman–Crippen MR) is 87.9 cm³/mol. The van der Waals surface area contributed by atoms with Crippen LogP contribution in [0.5, 0.6) is 5.75 Å². The highest BCUT2D eigenvalue weighted by Crippen LogP contribution is 2.36. The molecule has 2 aliphatic carbocycles. The highest BCUT2D eigenvalue weighted by molar-refractivity contribution is 7.84. The lowest BCUT2D eigenvalue weighted by Crippen LogP contribution is -2.31.